The van der Waals surface area contributed by atoms with Crippen molar-refractivity contribution in [3.8, 4) is 0 Å². The Morgan fingerprint density at radius 1 is 1.10 bits per heavy atom. The molecule has 162 valence electrons. The first kappa shape index (κ1) is 21.4. The molecule has 1 aliphatic carbocycles. The minimum absolute atomic E-state index is 0.0222. The molecule has 3 aliphatic rings. The lowest BCUT2D eigenvalue weighted by Crippen LogP contribution is -2.35. The van der Waals surface area contributed by atoms with Crippen LogP contribution in [0.25, 0.3) is 0 Å². The maximum Gasteiger partial charge on any atom is 0.277 e. The van der Waals surface area contributed by atoms with Crippen LogP contribution in [-0.2, 0) is 14.8 Å². The van der Waals surface area contributed by atoms with Crippen molar-refractivity contribution in [1.82, 2.24) is 9.62 Å². The number of carbonyl (C=O) groups is 2. The van der Waals surface area contributed by atoms with Crippen LogP contribution in [0.2, 0.25) is 0 Å². The first-order valence-corrected chi connectivity index (χ1v) is 11.8. The van der Waals surface area contributed by atoms with E-state index in [0.717, 1.165) is 24.8 Å². The average molecular weight is 440 g/mol. The second-order valence-electron chi connectivity index (χ2n) is 8.03. The third-order valence-corrected chi connectivity index (χ3v) is 7.95. The van der Waals surface area contributed by atoms with Gasteiger partial charge < -0.3 is 5.32 Å². The van der Waals surface area contributed by atoms with E-state index in [1.54, 1.807) is 19.1 Å². The minimum atomic E-state index is -3.54. The molecule has 0 bridgehead atoms. The molecule has 7 nitrogen and oxygen atoms in total. The zero-order chi connectivity index (χ0) is 22.2. The van der Waals surface area contributed by atoms with Gasteiger partial charge in [0, 0.05) is 35.8 Å². The highest BCUT2D eigenvalue weighted by Gasteiger charge is 2.28. The van der Waals surface area contributed by atoms with Crippen LogP contribution < -0.4 is 5.32 Å². The predicted molar refractivity (Wildman–Crippen MR) is 118 cm³/mol. The summed E-state index contributed by atoms with van der Waals surface area (Å²) in [5.74, 6) is -0.639. The smallest absolute Gasteiger partial charge is 0.277 e. The van der Waals surface area contributed by atoms with Gasteiger partial charge in [0.1, 0.15) is 0 Å². The fraction of sp³-hybridized carbons (Fsp3) is 0.348. The Hall–Kier alpha value is -2.84. The van der Waals surface area contributed by atoms with E-state index < -0.39 is 15.9 Å². The zero-order valence-corrected chi connectivity index (χ0v) is 18.4. The fourth-order valence-corrected chi connectivity index (χ4v) is 5.52. The molecular formula is C23H25N3O4S. The number of benzene rings is 1. The van der Waals surface area contributed by atoms with E-state index in [9.17, 15) is 18.0 Å². The van der Waals surface area contributed by atoms with E-state index in [1.165, 1.54) is 28.6 Å². The number of nitrogens with one attached hydrogen (secondary N) is 1. The van der Waals surface area contributed by atoms with Crippen molar-refractivity contribution in [2.45, 2.75) is 38.0 Å². The summed E-state index contributed by atoms with van der Waals surface area (Å²) in [5, 5.41) is 2.85. The molecule has 2 aliphatic heterocycles. The van der Waals surface area contributed by atoms with Crippen molar-refractivity contribution in [3.63, 3.8) is 0 Å². The lowest BCUT2D eigenvalue weighted by Gasteiger charge is -2.28. The van der Waals surface area contributed by atoms with Crippen molar-refractivity contribution < 1.29 is 18.0 Å². The van der Waals surface area contributed by atoms with Crippen LogP contribution in [0.4, 0.5) is 0 Å². The van der Waals surface area contributed by atoms with Crippen LogP contribution >= 0.6 is 0 Å². The van der Waals surface area contributed by atoms with Gasteiger partial charge in [0.15, 0.2) is 0 Å². The van der Waals surface area contributed by atoms with Gasteiger partial charge in [-0.05, 0) is 63.1 Å². The first-order valence-electron chi connectivity index (χ1n) is 10.4. The molecule has 2 amide bonds. The molecule has 0 spiro atoms. The molecule has 1 atom stereocenters. The Bertz CT molecular complexity index is 1150. The summed E-state index contributed by atoms with van der Waals surface area (Å²) >= 11 is 0. The van der Waals surface area contributed by atoms with Crippen LogP contribution in [0.1, 0.15) is 43.5 Å². The van der Waals surface area contributed by atoms with E-state index in [4.69, 9.17) is 0 Å². The van der Waals surface area contributed by atoms with E-state index in [-0.39, 0.29) is 16.7 Å². The van der Waals surface area contributed by atoms with Crippen LogP contribution in [0, 0.1) is 5.92 Å². The summed E-state index contributed by atoms with van der Waals surface area (Å²) in [6.07, 6.45) is 8.15. The summed E-state index contributed by atoms with van der Waals surface area (Å²) in [7, 11) is -3.54. The van der Waals surface area contributed by atoms with Gasteiger partial charge in [0.25, 0.3) is 11.8 Å². The van der Waals surface area contributed by atoms with Crippen molar-refractivity contribution in [2.24, 2.45) is 10.9 Å². The van der Waals surface area contributed by atoms with Crippen LogP contribution in [0.3, 0.4) is 0 Å². The number of allylic oxidation sites excluding steroid dienone is 3. The van der Waals surface area contributed by atoms with Crippen LogP contribution in [0.15, 0.2) is 69.2 Å². The maximum atomic E-state index is 12.8. The van der Waals surface area contributed by atoms with Gasteiger partial charge in [-0.1, -0.05) is 18.1 Å². The average Bonchev–Trinajstić information content (AvgIpc) is 2.78. The Morgan fingerprint density at radius 3 is 2.45 bits per heavy atom. The van der Waals surface area contributed by atoms with Gasteiger partial charge in [-0.3, -0.25) is 9.59 Å². The van der Waals surface area contributed by atoms with Crippen molar-refractivity contribution in [3.05, 3.63) is 64.9 Å². The van der Waals surface area contributed by atoms with Gasteiger partial charge in [-0.15, -0.1) is 0 Å². The van der Waals surface area contributed by atoms with Gasteiger partial charge in [-0.2, -0.15) is 4.31 Å². The van der Waals surface area contributed by atoms with Gasteiger partial charge in [0.05, 0.1) is 10.6 Å². The molecule has 1 fully saturated rings. The highest BCUT2D eigenvalue weighted by Crippen LogP contribution is 2.30. The molecule has 31 heavy (non-hydrogen) atoms. The summed E-state index contributed by atoms with van der Waals surface area (Å²) in [6.45, 7) is 4.77. The topological polar surface area (TPSA) is 95.9 Å². The lowest BCUT2D eigenvalue weighted by molar-refractivity contribution is -0.117. The largest absolute Gasteiger partial charge is 0.325 e. The van der Waals surface area contributed by atoms with Crippen LogP contribution in [0.5, 0.6) is 0 Å². The van der Waals surface area contributed by atoms with Crippen molar-refractivity contribution in [1.29, 1.82) is 0 Å². The first-order chi connectivity index (χ1) is 14.8. The summed E-state index contributed by atoms with van der Waals surface area (Å²) in [5.41, 5.74) is 3.11. The number of sulfonamides is 1. The molecule has 2 heterocycles. The molecule has 1 aromatic rings. The normalized spacial score (nSPS) is 23.4. The number of piperidine rings is 1. The van der Waals surface area contributed by atoms with Gasteiger partial charge in [0.2, 0.25) is 10.0 Å². The van der Waals surface area contributed by atoms with Crippen LogP contribution in [-0.4, -0.2) is 43.3 Å². The summed E-state index contributed by atoms with van der Waals surface area (Å²) < 4.78 is 27.0. The molecule has 1 unspecified atom stereocenters. The van der Waals surface area contributed by atoms with E-state index in [2.05, 4.69) is 10.3 Å². The molecular weight excluding hydrogens is 414 g/mol. The lowest BCUT2D eigenvalue weighted by atomic mass is 9.85. The summed E-state index contributed by atoms with van der Waals surface area (Å²) in [6, 6.07) is 5.90. The third kappa shape index (κ3) is 4.18. The Labute approximate surface area is 182 Å². The highest BCUT2D eigenvalue weighted by molar-refractivity contribution is 7.89. The highest BCUT2D eigenvalue weighted by atomic mass is 32.2. The SMILES string of the molecule is CC1=C(C)C2C=CC(=NC(=O)c3ccc(S(=O)(=O)N4CCCCC4)cc3)C=C2NC1=O. The Morgan fingerprint density at radius 2 is 1.77 bits per heavy atom. The second kappa shape index (κ2) is 8.36. The van der Waals surface area contributed by atoms with E-state index >= 15 is 0 Å². The summed E-state index contributed by atoms with van der Waals surface area (Å²) in [4.78, 5) is 29.0. The maximum absolute atomic E-state index is 12.8. The van der Waals surface area contributed by atoms with E-state index in [0.29, 0.717) is 35.6 Å². The predicted octanol–water partition coefficient (Wildman–Crippen LogP) is 2.98. The van der Waals surface area contributed by atoms with Gasteiger partial charge >= 0.3 is 0 Å². The molecule has 1 saturated heterocycles. The number of hydrogen-bond donors (Lipinski definition) is 1. The molecule has 1 N–H and O–H groups in total. The number of carbonyl (C=O) groups excluding carboxylic acids is 2. The van der Waals surface area contributed by atoms with E-state index in [1.807, 2.05) is 13.0 Å². The monoisotopic (exact) mass is 439 g/mol. The van der Waals surface area contributed by atoms with Crippen molar-refractivity contribution >= 4 is 27.5 Å². The molecule has 1 aromatic carbocycles. The number of nitrogens with zero attached hydrogens (tertiary/aromatic N) is 2. The Balaban J connectivity index is 1.52. The number of hydrogen-bond acceptors (Lipinski definition) is 4. The molecule has 0 radical (unpaired) electrons. The number of rotatable bonds is 3. The third-order valence-electron chi connectivity index (χ3n) is 6.04. The fourth-order valence-electron chi connectivity index (χ4n) is 4.00. The zero-order valence-electron chi connectivity index (χ0n) is 17.6. The molecule has 4 rings (SSSR count). The standard InChI is InChI=1S/C23H25N3O4S/c1-15-16(2)22(27)25-21-14-18(8-11-20(15)21)24-23(28)17-6-9-19(10-7-17)31(29,30)26-12-4-3-5-13-26/h6-11,14,20H,3-5,12-13H2,1-2H3,(H,25,27). The second-order valence-corrected chi connectivity index (χ2v) is 9.97. The number of amides is 2. The molecule has 8 heteroatoms. The minimum Gasteiger partial charge on any atom is -0.325 e. The van der Waals surface area contributed by atoms with Gasteiger partial charge in [-0.25, -0.2) is 13.4 Å². The quantitative estimate of drug-likeness (QED) is 0.783. The Kier molecular flexibility index (Phi) is 5.77. The van der Waals surface area contributed by atoms with Crippen molar-refractivity contribution in [2.75, 3.05) is 13.1 Å². The number of fused-ring (bicyclic) bond motifs is 1. The molecule has 0 aromatic heterocycles. The molecule has 0 saturated carbocycles. The number of aliphatic imine (C=N–C) groups is 1.